The molecule has 1 heterocycles. The van der Waals surface area contributed by atoms with E-state index < -0.39 is 0 Å². The van der Waals surface area contributed by atoms with Crippen LogP contribution in [0, 0.1) is 5.41 Å². The number of alkyl halides is 1. The first-order valence-corrected chi connectivity index (χ1v) is 5.54. The first kappa shape index (κ1) is 12.2. The number of rotatable bonds is 3. The van der Waals surface area contributed by atoms with Crippen LogP contribution < -0.4 is 0 Å². The predicted octanol–water partition coefficient (Wildman–Crippen LogP) is 1.96. The Bertz CT molecular complexity index is 277. The predicted molar refractivity (Wildman–Crippen MR) is 59.6 cm³/mol. The van der Waals surface area contributed by atoms with Crippen LogP contribution in [0.15, 0.2) is 12.2 Å². The maximum atomic E-state index is 11.7. The van der Waals surface area contributed by atoms with Gasteiger partial charge in [0.05, 0.1) is 0 Å². The standard InChI is InChI=1S/C11H16ClNO2/c1-11(2)7-9(14)13(10(15)8-11)6-4-3-5-12/h3-4H,5-8H2,1-2H3. The molecule has 1 saturated heterocycles. The summed E-state index contributed by atoms with van der Waals surface area (Å²) in [4.78, 5) is 24.6. The van der Waals surface area contributed by atoms with Crippen LogP contribution in [0.4, 0.5) is 0 Å². The minimum absolute atomic E-state index is 0.0875. The fraction of sp³-hybridized carbons (Fsp3) is 0.636. The molecule has 1 fully saturated rings. The Labute approximate surface area is 95.1 Å². The van der Waals surface area contributed by atoms with E-state index in [-0.39, 0.29) is 17.2 Å². The van der Waals surface area contributed by atoms with E-state index >= 15 is 0 Å². The number of imide groups is 1. The van der Waals surface area contributed by atoms with Crippen LogP contribution in [-0.2, 0) is 9.59 Å². The SMILES string of the molecule is CC1(C)CC(=O)N(CC=CCCl)C(=O)C1. The van der Waals surface area contributed by atoms with Crippen LogP contribution in [0.1, 0.15) is 26.7 Å². The molecule has 2 amide bonds. The van der Waals surface area contributed by atoms with Gasteiger partial charge in [0, 0.05) is 25.3 Å². The molecule has 1 aliphatic heterocycles. The van der Waals surface area contributed by atoms with Gasteiger partial charge in [0.15, 0.2) is 0 Å². The number of allylic oxidation sites excluding steroid dienone is 1. The van der Waals surface area contributed by atoms with E-state index in [1.165, 1.54) is 4.90 Å². The lowest BCUT2D eigenvalue weighted by Gasteiger charge is -2.34. The highest BCUT2D eigenvalue weighted by molar-refractivity contribution is 6.18. The van der Waals surface area contributed by atoms with Gasteiger partial charge in [-0.15, -0.1) is 11.6 Å². The molecule has 4 heteroatoms. The van der Waals surface area contributed by atoms with Crippen LogP contribution in [-0.4, -0.2) is 29.1 Å². The second-order valence-corrected chi connectivity index (χ2v) is 4.85. The molecule has 15 heavy (non-hydrogen) atoms. The van der Waals surface area contributed by atoms with Gasteiger partial charge in [-0.1, -0.05) is 26.0 Å². The smallest absolute Gasteiger partial charge is 0.230 e. The van der Waals surface area contributed by atoms with Crippen LogP contribution in [0.3, 0.4) is 0 Å². The first-order valence-electron chi connectivity index (χ1n) is 5.00. The maximum absolute atomic E-state index is 11.7. The summed E-state index contributed by atoms with van der Waals surface area (Å²) < 4.78 is 0. The van der Waals surface area contributed by atoms with Gasteiger partial charge in [-0.05, 0) is 5.41 Å². The largest absolute Gasteiger partial charge is 0.279 e. The van der Waals surface area contributed by atoms with Crippen LogP contribution in [0.2, 0.25) is 0 Å². The van der Waals surface area contributed by atoms with Crippen LogP contribution in [0.25, 0.3) is 0 Å². The van der Waals surface area contributed by atoms with Crippen LogP contribution in [0.5, 0.6) is 0 Å². The molecule has 1 aliphatic rings. The van der Waals surface area contributed by atoms with E-state index in [0.717, 1.165) is 0 Å². The van der Waals surface area contributed by atoms with Crippen molar-refractivity contribution < 1.29 is 9.59 Å². The Morgan fingerprint density at radius 2 is 1.80 bits per heavy atom. The molecule has 0 N–H and O–H groups in total. The zero-order valence-corrected chi connectivity index (χ0v) is 9.88. The normalized spacial score (nSPS) is 21.4. The molecular weight excluding hydrogens is 214 g/mol. The van der Waals surface area contributed by atoms with Gasteiger partial charge in [-0.3, -0.25) is 14.5 Å². The van der Waals surface area contributed by atoms with Gasteiger partial charge in [-0.25, -0.2) is 0 Å². The Morgan fingerprint density at radius 3 is 2.27 bits per heavy atom. The highest BCUT2D eigenvalue weighted by atomic mass is 35.5. The fourth-order valence-electron chi connectivity index (χ4n) is 1.66. The van der Waals surface area contributed by atoms with Crippen LogP contribution >= 0.6 is 11.6 Å². The summed E-state index contributed by atoms with van der Waals surface area (Å²) >= 11 is 5.46. The number of nitrogens with zero attached hydrogens (tertiary/aromatic N) is 1. The summed E-state index contributed by atoms with van der Waals surface area (Å²) in [6.07, 6.45) is 4.36. The average Bonchev–Trinajstić information content (AvgIpc) is 2.08. The second-order valence-electron chi connectivity index (χ2n) is 4.54. The highest BCUT2D eigenvalue weighted by Gasteiger charge is 2.36. The van der Waals surface area contributed by atoms with E-state index in [0.29, 0.717) is 25.3 Å². The third-order valence-corrected chi connectivity index (χ3v) is 2.58. The molecule has 0 bridgehead atoms. The highest BCUT2D eigenvalue weighted by Crippen LogP contribution is 2.31. The topological polar surface area (TPSA) is 37.4 Å². The lowest BCUT2D eigenvalue weighted by Crippen LogP contribution is -2.46. The van der Waals surface area contributed by atoms with E-state index in [2.05, 4.69) is 0 Å². The number of piperidine rings is 1. The summed E-state index contributed by atoms with van der Waals surface area (Å²) in [5.74, 6) is 0.229. The van der Waals surface area contributed by atoms with E-state index in [1.54, 1.807) is 12.2 Å². The van der Waals surface area contributed by atoms with Crippen molar-refractivity contribution in [2.24, 2.45) is 5.41 Å². The molecule has 0 aliphatic carbocycles. The molecule has 0 unspecified atom stereocenters. The van der Waals surface area contributed by atoms with Crippen molar-refractivity contribution in [3.8, 4) is 0 Å². The van der Waals surface area contributed by atoms with E-state index in [4.69, 9.17) is 11.6 Å². The molecule has 1 rings (SSSR count). The first-order chi connectivity index (χ1) is 6.96. The zero-order valence-electron chi connectivity index (χ0n) is 9.12. The number of halogens is 1. The Hall–Kier alpha value is -0.830. The van der Waals surface area contributed by atoms with Crippen molar-refractivity contribution in [3.63, 3.8) is 0 Å². The zero-order chi connectivity index (χ0) is 11.5. The monoisotopic (exact) mass is 229 g/mol. The Morgan fingerprint density at radius 1 is 1.27 bits per heavy atom. The summed E-state index contributed by atoms with van der Waals surface area (Å²) in [5.41, 5.74) is -0.194. The van der Waals surface area contributed by atoms with Crippen molar-refractivity contribution >= 4 is 23.4 Å². The number of amides is 2. The summed E-state index contributed by atoms with van der Waals surface area (Å²) in [6, 6.07) is 0. The molecule has 84 valence electrons. The summed E-state index contributed by atoms with van der Waals surface area (Å²) in [5, 5.41) is 0. The van der Waals surface area contributed by atoms with Crippen molar-refractivity contribution in [3.05, 3.63) is 12.2 Å². The van der Waals surface area contributed by atoms with E-state index in [9.17, 15) is 9.59 Å². The van der Waals surface area contributed by atoms with Gasteiger partial charge in [0.1, 0.15) is 0 Å². The molecule has 0 radical (unpaired) electrons. The molecule has 0 aromatic heterocycles. The van der Waals surface area contributed by atoms with Gasteiger partial charge in [-0.2, -0.15) is 0 Å². The molecule has 0 aromatic rings. The molecule has 0 atom stereocenters. The number of hydrogen-bond donors (Lipinski definition) is 0. The number of carbonyl (C=O) groups excluding carboxylic acids is 2. The lowest BCUT2D eigenvalue weighted by molar-refractivity contribution is -0.151. The third-order valence-electron chi connectivity index (χ3n) is 2.41. The molecule has 0 spiro atoms. The number of hydrogen-bond acceptors (Lipinski definition) is 2. The summed E-state index contributed by atoms with van der Waals surface area (Å²) in [6.45, 7) is 4.23. The Kier molecular flexibility index (Phi) is 3.91. The van der Waals surface area contributed by atoms with Gasteiger partial charge in [0.2, 0.25) is 11.8 Å². The quantitative estimate of drug-likeness (QED) is 0.422. The summed E-state index contributed by atoms with van der Waals surface area (Å²) in [7, 11) is 0. The molecule has 0 aromatic carbocycles. The van der Waals surface area contributed by atoms with Crippen molar-refractivity contribution in [2.75, 3.05) is 12.4 Å². The van der Waals surface area contributed by atoms with E-state index in [1.807, 2.05) is 13.8 Å². The third kappa shape index (κ3) is 3.34. The van der Waals surface area contributed by atoms with Gasteiger partial charge < -0.3 is 0 Å². The number of likely N-dealkylation sites (tertiary alicyclic amines) is 1. The van der Waals surface area contributed by atoms with Crippen molar-refractivity contribution in [1.82, 2.24) is 4.90 Å². The second kappa shape index (κ2) is 4.79. The number of carbonyl (C=O) groups is 2. The minimum atomic E-state index is -0.194. The molecular formula is C11H16ClNO2. The van der Waals surface area contributed by atoms with Gasteiger partial charge >= 0.3 is 0 Å². The lowest BCUT2D eigenvalue weighted by atomic mass is 9.82. The maximum Gasteiger partial charge on any atom is 0.230 e. The van der Waals surface area contributed by atoms with Crippen molar-refractivity contribution in [1.29, 1.82) is 0 Å². The fourth-order valence-corrected chi connectivity index (χ4v) is 1.78. The molecule has 0 saturated carbocycles. The minimum Gasteiger partial charge on any atom is -0.279 e. The molecule has 3 nitrogen and oxygen atoms in total. The van der Waals surface area contributed by atoms with Crippen molar-refractivity contribution in [2.45, 2.75) is 26.7 Å². The Balaban J connectivity index is 2.63. The average molecular weight is 230 g/mol. The van der Waals surface area contributed by atoms with Gasteiger partial charge in [0.25, 0.3) is 0 Å².